The SMILES string of the molecule is CCn1ncc(Br)c1C(O)C1CSCCN1C. The van der Waals surface area contributed by atoms with Crippen LogP contribution in [0.15, 0.2) is 10.7 Å². The maximum atomic E-state index is 10.6. The van der Waals surface area contributed by atoms with Gasteiger partial charge in [-0.05, 0) is 29.9 Å². The Morgan fingerprint density at radius 2 is 2.47 bits per heavy atom. The molecular formula is C11H18BrN3OS. The van der Waals surface area contributed by atoms with E-state index in [1.807, 2.05) is 23.4 Å². The third-order valence-electron chi connectivity index (χ3n) is 3.22. The van der Waals surface area contributed by atoms with Gasteiger partial charge in [0.25, 0.3) is 0 Å². The van der Waals surface area contributed by atoms with Gasteiger partial charge in [0.15, 0.2) is 0 Å². The molecule has 1 fully saturated rings. The highest BCUT2D eigenvalue weighted by Crippen LogP contribution is 2.30. The Labute approximate surface area is 114 Å². The van der Waals surface area contributed by atoms with Gasteiger partial charge in [0.05, 0.1) is 22.4 Å². The zero-order chi connectivity index (χ0) is 12.4. The minimum absolute atomic E-state index is 0.173. The average Bonchev–Trinajstić information content (AvgIpc) is 2.70. The molecule has 17 heavy (non-hydrogen) atoms. The van der Waals surface area contributed by atoms with Crippen molar-refractivity contribution in [3.63, 3.8) is 0 Å². The normalized spacial score (nSPS) is 23.9. The summed E-state index contributed by atoms with van der Waals surface area (Å²) >= 11 is 5.38. The van der Waals surface area contributed by atoms with Gasteiger partial charge in [0.2, 0.25) is 0 Å². The summed E-state index contributed by atoms with van der Waals surface area (Å²) in [6.07, 6.45) is 1.28. The van der Waals surface area contributed by atoms with Crippen molar-refractivity contribution >= 4 is 27.7 Å². The second-order valence-corrected chi connectivity index (χ2v) is 6.27. The number of aromatic nitrogens is 2. The molecule has 4 nitrogen and oxygen atoms in total. The first-order chi connectivity index (χ1) is 8.15. The van der Waals surface area contributed by atoms with Crippen LogP contribution >= 0.6 is 27.7 Å². The molecule has 1 N–H and O–H groups in total. The van der Waals surface area contributed by atoms with Crippen LogP contribution in [0.3, 0.4) is 0 Å². The number of aryl methyl sites for hydroxylation is 1. The van der Waals surface area contributed by atoms with Crippen LogP contribution < -0.4 is 0 Å². The van der Waals surface area contributed by atoms with Crippen molar-refractivity contribution < 1.29 is 5.11 Å². The Balaban J connectivity index is 2.22. The number of rotatable bonds is 3. The molecule has 2 atom stereocenters. The Morgan fingerprint density at radius 1 is 1.71 bits per heavy atom. The highest BCUT2D eigenvalue weighted by atomic mass is 79.9. The van der Waals surface area contributed by atoms with Gasteiger partial charge in [0, 0.05) is 24.6 Å². The van der Waals surface area contributed by atoms with E-state index in [-0.39, 0.29) is 6.04 Å². The van der Waals surface area contributed by atoms with Gasteiger partial charge in [0.1, 0.15) is 6.10 Å². The molecule has 0 amide bonds. The summed E-state index contributed by atoms with van der Waals surface area (Å²) in [5.74, 6) is 2.12. The second-order valence-electron chi connectivity index (χ2n) is 4.26. The summed E-state index contributed by atoms with van der Waals surface area (Å²) in [6.45, 7) is 3.85. The molecule has 0 aromatic carbocycles. The lowest BCUT2D eigenvalue weighted by Gasteiger charge is -2.35. The molecule has 0 bridgehead atoms. The molecule has 1 aliphatic rings. The third kappa shape index (κ3) is 2.70. The zero-order valence-corrected chi connectivity index (χ0v) is 12.5. The summed E-state index contributed by atoms with van der Waals surface area (Å²) in [6, 6.07) is 0.173. The number of thioether (sulfide) groups is 1. The van der Waals surface area contributed by atoms with Crippen molar-refractivity contribution in [3.05, 3.63) is 16.4 Å². The van der Waals surface area contributed by atoms with E-state index in [1.54, 1.807) is 6.20 Å². The fourth-order valence-electron chi connectivity index (χ4n) is 2.14. The largest absolute Gasteiger partial charge is 0.385 e. The molecule has 96 valence electrons. The number of halogens is 1. The average molecular weight is 320 g/mol. The molecule has 1 aliphatic heterocycles. The standard InChI is InChI=1S/C11H18BrN3OS/c1-3-15-10(8(12)6-13-15)11(16)9-7-17-5-4-14(9)2/h6,9,11,16H,3-5,7H2,1-2H3. The monoisotopic (exact) mass is 319 g/mol. The molecule has 1 saturated heterocycles. The quantitative estimate of drug-likeness (QED) is 0.921. The third-order valence-corrected chi connectivity index (χ3v) is 4.88. The van der Waals surface area contributed by atoms with Crippen LogP contribution in [0.25, 0.3) is 0 Å². The summed E-state index contributed by atoms with van der Waals surface area (Å²) in [5, 5.41) is 14.8. The molecule has 1 aromatic heterocycles. The smallest absolute Gasteiger partial charge is 0.113 e. The summed E-state index contributed by atoms with van der Waals surface area (Å²) in [5.41, 5.74) is 0.895. The lowest BCUT2D eigenvalue weighted by molar-refractivity contribution is 0.0684. The molecule has 2 heterocycles. The van der Waals surface area contributed by atoms with E-state index in [9.17, 15) is 5.11 Å². The van der Waals surface area contributed by atoms with Gasteiger partial charge in [-0.2, -0.15) is 16.9 Å². The van der Waals surface area contributed by atoms with Crippen LogP contribution in [-0.4, -0.2) is 50.9 Å². The van der Waals surface area contributed by atoms with E-state index in [4.69, 9.17) is 0 Å². The van der Waals surface area contributed by atoms with E-state index in [0.29, 0.717) is 0 Å². The Morgan fingerprint density at radius 3 is 3.12 bits per heavy atom. The molecule has 0 saturated carbocycles. The number of aliphatic hydroxyl groups excluding tert-OH is 1. The molecular weight excluding hydrogens is 302 g/mol. The van der Waals surface area contributed by atoms with Crippen LogP contribution in [0, 0.1) is 0 Å². The predicted molar refractivity (Wildman–Crippen MR) is 74.3 cm³/mol. The molecule has 0 radical (unpaired) electrons. The molecule has 2 rings (SSSR count). The van der Waals surface area contributed by atoms with Gasteiger partial charge < -0.3 is 5.11 Å². The van der Waals surface area contributed by atoms with E-state index in [0.717, 1.165) is 34.8 Å². The lowest BCUT2D eigenvalue weighted by atomic mass is 10.1. The Hall–Kier alpha value is -0.0400. The first kappa shape index (κ1) is 13.4. The highest BCUT2D eigenvalue weighted by molar-refractivity contribution is 9.10. The summed E-state index contributed by atoms with van der Waals surface area (Å²) in [4.78, 5) is 2.24. The van der Waals surface area contributed by atoms with Crippen molar-refractivity contribution in [2.24, 2.45) is 0 Å². The molecule has 0 aliphatic carbocycles. The van der Waals surface area contributed by atoms with E-state index >= 15 is 0 Å². The summed E-state index contributed by atoms with van der Waals surface area (Å²) < 4.78 is 2.76. The molecule has 0 spiro atoms. The van der Waals surface area contributed by atoms with Crippen LogP contribution in [0.5, 0.6) is 0 Å². The van der Waals surface area contributed by atoms with Gasteiger partial charge in [-0.1, -0.05) is 0 Å². The van der Waals surface area contributed by atoms with Crippen molar-refractivity contribution in [1.82, 2.24) is 14.7 Å². The van der Waals surface area contributed by atoms with Crippen LogP contribution in [0.1, 0.15) is 18.7 Å². The Bertz CT molecular complexity index is 385. The number of hydrogen-bond donors (Lipinski definition) is 1. The maximum Gasteiger partial charge on any atom is 0.113 e. The zero-order valence-electron chi connectivity index (χ0n) is 10.1. The van der Waals surface area contributed by atoms with Gasteiger partial charge in [-0.3, -0.25) is 9.58 Å². The second kappa shape index (κ2) is 5.73. The van der Waals surface area contributed by atoms with Crippen LogP contribution in [0.2, 0.25) is 0 Å². The van der Waals surface area contributed by atoms with Crippen molar-refractivity contribution in [2.45, 2.75) is 25.6 Å². The number of likely N-dealkylation sites (N-methyl/N-ethyl adjacent to an activating group) is 1. The Kier molecular flexibility index (Phi) is 4.52. The van der Waals surface area contributed by atoms with Crippen molar-refractivity contribution in [1.29, 1.82) is 0 Å². The van der Waals surface area contributed by atoms with Crippen LogP contribution in [-0.2, 0) is 6.54 Å². The summed E-state index contributed by atoms with van der Waals surface area (Å²) in [7, 11) is 2.08. The van der Waals surface area contributed by atoms with E-state index < -0.39 is 6.10 Å². The van der Waals surface area contributed by atoms with E-state index in [2.05, 4.69) is 33.0 Å². The first-order valence-electron chi connectivity index (χ1n) is 5.82. The van der Waals surface area contributed by atoms with Gasteiger partial charge in [-0.15, -0.1) is 0 Å². The van der Waals surface area contributed by atoms with Gasteiger partial charge in [-0.25, -0.2) is 0 Å². The fraction of sp³-hybridized carbons (Fsp3) is 0.727. The fourth-order valence-corrected chi connectivity index (χ4v) is 3.93. The lowest BCUT2D eigenvalue weighted by Crippen LogP contribution is -2.43. The van der Waals surface area contributed by atoms with Crippen molar-refractivity contribution in [2.75, 3.05) is 25.1 Å². The van der Waals surface area contributed by atoms with E-state index in [1.165, 1.54) is 0 Å². The number of hydrogen-bond acceptors (Lipinski definition) is 4. The highest BCUT2D eigenvalue weighted by Gasteiger charge is 2.31. The van der Waals surface area contributed by atoms with Gasteiger partial charge >= 0.3 is 0 Å². The molecule has 2 unspecified atom stereocenters. The minimum atomic E-state index is -0.482. The number of aliphatic hydroxyl groups is 1. The predicted octanol–water partition coefficient (Wildman–Crippen LogP) is 1.75. The topological polar surface area (TPSA) is 41.3 Å². The molecule has 6 heteroatoms. The molecule has 1 aromatic rings. The van der Waals surface area contributed by atoms with Crippen LogP contribution in [0.4, 0.5) is 0 Å². The minimum Gasteiger partial charge on any atom is -0.385 e. The first-order valence-corrected chi connectivity index (χ1v) is 7.77. The van der Waals surface area contributed by atoms with Crippen molar-refractivity contribution in [3.8, 4) is 0 Å². The maximum absolute atomic E-state index is 10.6. The number of nitrogens with zero attached hydrogens (tertiary/aromatic N) is 3.